The number of aryl methyl sites for hydroxylation is 1. The molecule has 1 amide bonds. The number of aromatic carboxylic acids is 1. The van der Waals surface area contributed by atoms with Crippen LogP contribution in [0.15, 0.2) is 34.7 Å². The van der Waals surface area contributed by atoms with Gasteiger partial charge in [0.1, 0.15) is 17.1 Å². The Labute approximate surface area is 166 Å². The van der Waals surface area contributed by atoms with E-state index in [9.17, 15) is 14.7 Å². The number of carbonyl (C=O) groups excluding carboxylic acids is 1. The fourth-order valence-electron chi connectivity index (χ4n) is 3.33. The lowest BCUT2D eigenvalue weighted by molar-refractivity contribution is 0.0694. The number of carboxylic acids is 1. The molecule has 0 radical (unpaired) electrons. The fourth-order valence-corrected chi connectivity index (χ4v) is 3.50. The van der Waals surface area contributed by atoms with Crippen LogP contribution < -0.4 is 0 Å². The van der Waals surface area contributed by atoms with Crippen LogP contribution in [0.3, 0.4) is 0 Å². The number of rotatable bonds is 5. The Morgan fingerprint density at radius 3 is 2.64 bits per heavy atom. The maximum absolute atomic E-state index is 13.2. The largest absolute Gasteiger partial charge is 0.478 e. The fraction of sp³-hybridized carbons (Fsp3) is 0.286. The Kier molecular flexibility index (Phi) is 4.59. The van der Waals surface area contributed by atoms with E-state index >= 15 is 0 Å². The van der Waals surface area contributed by atoms with Gasteiger partial charge >= 0.3 is 5.97 Å². The van der Waals surface area contributed by atoms with Gasteiger partial charge in [-0.05, 0) is 50.1 Å². The van der Waals surface area contributed by atoms with Crippen molar-refractivity contribution in [1.82, 2.24) is 9.88 Å². The van der Waals surface area contributed by atoms with Crippen molar-refractivity contribution in [2.75, 3.05) is 7.05 Å². The third-order valence-electron chi connectivity index (χ3n) is 4.96. The molecule has 0 bridgehead atoms. The molecule has 0 aliphatic heterocycles. The zero-order valence-electron chi connectivity index (χ0n) is 15.5. The molecule has 1 aliphatic rings. The number of carboxylic acid groups (broad SMARTS) is 1. The predicted molar refractivity (Wildman–Crippen MR) is 105 cm³/mol. The zero-order chi connectivity index (χ0) is 20.0. The minimum atomic E-state index is -1.05. The molecular formula is C21H19ClN2O4. The quantitative estimate of drug-likeness (QED) is 0.677. The Morgan fingerprint density at radius 1 is 1.25 bits per heavy atom. The van der Waals surface area contributed by atoms with E-state index < -0.39 is 5.97 Å². The molecule has 1 fully saturated rings. The smallest absolute Gasteiger partial charge is 0.339 e. The van der Waals surface area contributed by atoms with Crippen molar-refractivity contribution in [2.45, 2.75) is 32.2 Å². The van der Waals surface area contributed by atoms with Gasteiger partial charge in [-0.25, -0.2) is 4.79 Å². The number of fused-ring (bicyclic) bond motifs is 1. The highest BCUT2D eigenvalue weighted by molar-refractivity contribution is 6.31. The van der Waals surface area contributed by atoms with Crippen LogP contribution in [-0.4, -0.2) is 33.9 Å². The minimum Gasteiger partial charge on any atom is -0.478 e. The Hall–Kier alpha value is -2.86. The number of hydrogen-bond donors (Lipinski definition) is 1. The summed E-state index contributed by atoms with van der Waals surface area (Å²) in [4.78, 5) is 30.6. The lowest BCUT2D eigenvalue weighted by Crippen LogP contribution is -2.26. The van der Waals surface area contributed by atoms with Crippen LogP contribution in [0.4, 0.5) is 0 Å². The first-order valence-electron chi connectivity index (χ1n) is 9.01. The topological polar surface area (TPSA) is 83.6 Å². The summed E-state index contributed by atoms with van der Waals surface area (Å²) >= 11 is 6.15. The number of amides is 1. The Balaban J connectivity index is 1.68. The van der Waals surface area contributed by atoms with Crippen LogP contribution in [0, 0.1) is 6.92 Å². The standard InChI is InChI=1S/C21H19ClN2O4/c1-11-15(21(26)27)8-14(28-11)10-24(2)20(25)17-9-19(12-3-4-12)23-18-6-5-13(22)7-16(17)18/h5-9,12H,3-4,10H2,1-2H3,(H,26,27). The van der Waals surface area contributed by atoms with E-state index in [2.05, 4.69) is 4.98 Å². The highest BCUT2D eigenvalue weighted by Gasteiger charge is 2.28. The van der Waals surface area contributed by atoms with Crippen LogP contribution in [0.2, 0.25) is 5.02 Å². The zero-order valence-corrected chi connectivity index (χ0v) is 16.3. The summed E-state index contributed by atoms with van der Waals surface area (Å²) in [5.74, 6) is -0.0966. The van der Waals surface area contributed by atoms with Gasteiger partial charge in [0, 0.05) is 29.1 Å². The average Bonchev–Trinajstić information content (AvgIpc) is 3.43. The van der Waals surface area contributed by atoms with E-state index in [4.69, 9.17) is 16.0 Å². The van der Waals surface area contributed by atoms with Gasteiger partial charge in [-0.15, -0.1) is 0 Å². The molecule has 2 heterocycles. The molecular weight excluding hydrogens is 380 g/mol. The lowest BCUT2D eigenvalue weighted by atomic mass is 10.0. The second-order valence-corrected chi connectivity index (χ2v) is 7.62. The SMILES string of the molecule is Cc1oc(CN(C)C(=O)c2cc(C3CC3)nc3ccc(Cl)cc23)cc1C(=O)O. The van der Waals surface area contributed by atoms with Crippen molar-refractivity contribution in [3.8, 4) is 0 Å². The van der Waals surface area contributed by atoms with Crippen LogP contribution in [0.1, 0.15) is 56.7 Å². The second-order valence-electron chi connectivity index (χ2n) is 7.18. The van der Waals surface area contributed by atoms with Gasteiger partial charge < -0.3 is 14.4 Å². The van der Waals surface area contributed by atoms with E-state index in [1.54, 1.807) is 26.1 Å². The molecule has 0 saturated heterocycles. The highest BCUT2D eigenvalue weighted by Crippen LogP contribution is 2.40. The minimum absolute atomic E-state index is 0.105. The summed E-state index contributed by atoms with van der Waals surface area (Å²) in [6.45, 7) is 1.76. The van der Waals surface area contributed by atoms with Gasteiger partial charge in [0.05, 0.1) is 17.6 Å². The van der Waals surface area contributed by atoms with Gasteiger partial charge in [-0.1, -0.05) is 11.6 Å². The maximum atomic E-state index is 13.2. The van der Waals surface area contributed by atoms with Gasteiger partial charge in [-0.3, -0.25) is 9.78 Å². The summed E-state index contributed by atoms with van der Waals surface area (Å²) in [7, 11) is 1.66. The van der Waals surface area contributed by atoms with Crippen LogP contribution >= 0.6 is 11.6 Å². The van der Waals surface area contributed by atoms with Crippen molar-refractivity contribution >= 4 is 34.4 Å². The van der Waals surface area contributed by atoms with E-state index in [1.165, 1.54) is 11.0 Å². The number of pyridine rings is 1. The molecule has 3 aromatic rings. The highest BCUT2D eigenvalue weighted by atomic mass is 35.5. The molecule has 0 atom stereocenters. The lowest BCUT2D eigenvalue weighted by Gasteiger charge is -2.18. The number of hydrogen-bond acceptors (Lipinski definition) is 4. The Bertz CT molecular complexity index is 1100. The van der Waals surface area contributed by atoms with Gasteiger partial charge in [0.25, 0.3) is 5.91 Å². The molecule has 28 heavy (non-hydrogen) atoms. The molecule has 7 heteroatoms. The molecule has 2 aromatic heterocycles. The number of halogens is 1. The average molecular weight is 399 g/mol. The molecule has 0 unspecified atom stereocenters. The third-order valence-corrected chi connectivity index (χ3v) is 5.19. The number of benzene rings is 1. The van der Waals surface area contributed by atoms with Gasteiger partial charge in [0.15, 0.2) is 0 Å². The number of aromatic nitrogens is 1. The molecule has 6 nitrogen and oxygen atoms in total. The van der Waals surface area contributed by atoms with Gasteiger partial charge in [0.2, 0.25) is 0 Å². The third kappa shape index (κ3) is 3.47. The van der Waals surface area contributed by atoms with Crippen molar-refractivity contribution in [2.24, 2.45) is 0 Å². The summed E-state index contributed by atoms with van der Waals surface area (Å²) in [6.07, 6.45) is 2.17. The normalized spacial score (nSPS) is 13.7. The number of carbonyl (C=O) groups is 2. The van der Waals surface area contributed by atoms with Crippen molar-refractivity contribution < 1.29 is 19.1 Å². The van der Waals surface area contributed by atoms with Crippen molar-refractivity contribution in [3.63, 3.8) is 0 Å². The first-order valence-corrected chi connectivity index (χ1v) is 9.39. The summed E-state index contributed by atoms with van der Waals surface area (Å²) in [5.41, 5.74) is 2.31. The molecule has 144 valence electrons. The monoisotopic (exact) mass is 398 g/mol. The number of furan rings is 1. The van der Waals surface area contributed by atoms with Crippen molar-refractivity contribution in [3.05, 3.63) is 63.7 Å². The molecule has 1 aromatic carbocycles. The predicted octanol–water partition coefficient (Wildman–Crippen LogP) is 4.64. The molecule has 1 aliphatic carbocycles. The second kappa shape index (κ2) is 6.95. The Morgan fingerprint density at radius 2 is 2.00 bits per heavy atom. The van der Waals surface area contributed by atoms with Crippen LogP contribution in [-0.2, 0) is 6.54 Å². The van der Waals surface area contributed by atoms with E-state index in [1.807, 2.05) is 12.1 Å². The van der Waals surface area contributed by atoms with E-state index in [-0.39, 0.29) is 18.0 Å². The van der Waals surface area contributed by atoms with Gasteiger partial charge in [-0.2, -0.15) is 0 Å². The molecule has 1 saturated carbocycles. The van der Waals surface area contributed by atoms with Crippen molar-refractivity contribution in [1.29, 1.82) is 0 Å². The molecule has 4 rings (SSSR count). The van der Waals surface area contributed by atoms with E-state index in [0.29, 0.717) is 33.4 Å². The number of nitrogens with zero attached hydrogens (tertiary/aromatic N) is 2. The first-order chi connectivity index (χ1) is 13.3. The first kappa shape index (κ1) is 18.5. The summed E-state index contributed by atoms with van der Waals surface area (Å²) in [5, 5.41) is 10.4. The summed E-state index contributed by atoms with van der Waals surface area (Å²) < 4.78 is 5.50. The maximum Gasteiger partial charge on any atom is 0.339 e. The van der Waals surface area contributed by atoms with Crippen LogP contribution in [0.25, 0.3) is 10.9 Å². The van der Waals surface area contributed by atoms with E-state index in [0.717, 1.165) is 24.1 Å². The van der Waals surface area contributed by atoms with Crippen LogP contribution in [0.5, 0.6) is 0 Å². The molecule has 1 N–H and O–H groups in total. The molecule has 0 spiro atoms. The summed E-state index contributed by atoms with van der Waals surface area (Å²) in [6, 6.07) is 8.66.